The zero-order chi connectivity index (χ0) is 10.1. The van der Waals surface area contributed by atoms with Gasteiger partial charge in [-0.1, -0.05) is 37.1 Å². The molecule has 1 rings (SSSR count). The second-order valence-electron chi connectivity index (χ2n) is 4.83. The van der Waals surface area contributed by atoms with Gasteiger partial charge >= 0.3 is 0 Å². The summed E-state index contributed by atoms with van der Waals surface area (Å²) in [5.74, 6) is 0.782. The van der Waals surface area contributed by atoms with E-state index in [-0.39, 0.29) is 0 Å². The molecule has 1 unspecified atom stereocenters. The predicted octanol–water partition coefficient (Wildman–Crippen LogP) is 4.15. The standard InChI is InChI=1S/C13H21/c1-10(2)6-8-12-9-7-11(3)13(12,4)5/h6-7,12H,1,8-9H2,2-5H3/b10-6-. The third kappa shape index (κ3) is 2.24. The first-order valence-electron chi connectivity index (χ1n) is 5.10. The second-order valence-corrected chi connectivity index (χ2v) is 4.83. The highest BCUT2D eigenvalue weighted by Crippen LogP contribution is 2.44. The lowest BCUT2D eigenvalue weighted by atomic mass is 9.76. The molecule has 0 saturated carbocycles. The summed E-state index contributed by atoms with van der Waals surface area (Å²) >= 11 is 0. The Hall–Kier alpha value is -0.520. The van der Waals surface area contributed by atoms with Crippen molar-refractivity contribution in [3.8, 4) is 0 Å². The first-order chi connectivity index (χ1) is 5.94. The number of allylic oxidation sites excluding steroid dienone is 4. The van der Waals surface area contributed by atoms with E-state index in [1.54, 1.807) is 5.57 Å². The molecule has 13 heavy (non-hydrogen) atoms. The van der Waals surface area contributed by atoms with Crippen LogP contribution in [0.5, 0.6) is 0 Å². The van der Waals surface area contributed by atoms with Crippen molar-refractivity contribution in [2.75, 3.05) is 0 Å². The molecule has 0 N–H and O–H groups in total. The fourth-order valence-electron chi connectivity index (χ4n) is 1.93. The Morgan fingerprint density at radius 1 is 1.69 bits per heavy atom. The van der Waals surface area contributed by atoms with Gasteiger partial charge in [0.1, 0.15) is 0 Å². The van der Waals surface area contributed by atoms with Crippen LogP contribution in [0.3, 0.4) is 0 Å². The molecule has 1 atom stereocenters. The predicted molar refractivity (Wildman–Crippen MR) is 59.4 cm³/mol. The molecule has 0 heteroatoms. The molecule has 73 valence electrons. The monoisotopic (exact) mass is 177 g/mol. The van der Waals surface area contributed by atoms with E-state index in [0.717, 1.165) is 5.92 Å². The van der Waals surface area contributed by atoms with E-state index in [1.807, 2.05) is 0 Å². The minimum atomic E-state index is 0.395. The van der Waals surface area contributed by atoms with Gasteiger partial charge in [-0.2, -0.15) is 0 Å². The van der Waals surface area contributed by atoms with Crippen molar-refractivity contribution >= 4 is 0 Å². The third-order valence-corrected chi connectivity index (χ3v) is 3.50. The topological polar surface area (TPSA) is 0 Å². The molecule has 0 amide bonds. The molecule has 0 bridgehead atoms. The summed E-state index contributed by atoms with van der Waals surface area (Å²) in [6.07, 6.45) is 7.06. The van der Waals surface area contributed by atoms with Crippen LogP contribution in [0.15, 0.2) is 23.3 Å². The van der Waals surface area contributed by atoms with Gasteiger partial charge in [0.05, 0.1) is 0 Å². The maximum Gasteiger partial charge on any atom is -0.0113 e. The van der Waals surface area contributed by atoms with Crippen molar-refractivity contribution in [3.63, 3.8) is 0 Å². The smallest absolute Gasteiger partial charge is 0.0113 e. The van der Waals surface area contributed by atoms with E-state index < -0.39 is 0 Å². The Balaban J connectivity index is 2.61. The van der Waals surface area contributed by atoms with Crippen molar-refractivity contribution in [2.45, 2.75) is 40.5 Å². The van der Waals surface area contributed by atoms with Crippen molar-refractivity contribution < 1.29 is 0 Å². The molecule has 0 saturated heterocycles. The highest BCUT2D eigenvalue weighted by molar-refractivity contribution is 5.19. The van der Waals surface area contributed by atoms with Crippen LogP contribution in [0.1, 0.15) is 40.5 Å². The van der Waals surface area contributed by atoms with Crippen molar-refractivity contribution in [2.24, 2.45) is 11.3 Å². The van der Waals surface area contributed by atoms with Gasteiger partial charge in [-0.15, -0.1) is 0 Å². The summed E-state index contributed by atoms with van der Waals surface area (Å²) in [7, 11) is 0. The molecular formula is C13H21. The average molecular weight is 177 g/mol. The lowest BCUT2D eigenvalue weighted by molar-refractivity contribution is 0.294. The van der Waals surface area contributed by atoms with Gasteiger partial charge in [-0.25, -0.2) is 0 Å². The largest absolute Gasteiger partial charge is 0.0853 e. The molecule has 1 radical (unpaired) electrons. The molecule has 0 fully saturated rings. The summed E-state index contributed by atoms with van der Waals surface area (Å²) < 4.78 is 0. The minimum Gasteiger partial charge on any atom is -0.0853 e. The Kier molecular flexibility index (Phi) is 3.00. The van der Waals surface area contributed by atoms with Crippen LogP contribution >= 0.6 is 0 Å². The van der Waals surface area contributed by atoms with Crippen LogP contribution in [0.2, 0.25) is 0 Å². The maximum absolute atomic E-state index is 3.91. The lowest BCUT2D eigenvalue weighted by Crippen LogP contribution is -2.19. The van der Waals surface area contributed by atoms with Gasteiger partial charge in [0.2, 0.25) is 0 Å². The quantitative estimate of drug-likeness (QED) is 0.556. The molecule has 0 heterocycles. The van der Waals surface area contributed by atoms with Gasteiger partial charge in [-0.3, -0.25) is 0 Å². The van der Waals surface area contributed by atoms with Crippen molar-refractivity contribution in [3.05, 3.63) is 30.2 Å². The van der Waals surface area contributed by atoms with E-state index in [0.29, 0.717) is 5.41 Å². The SMILES string of the molecule is [CH2]/C(C)=C/CC1CC=C(C)C1(C)C. The normalized spacial score (nSPS) is 27.6. The van der Waals surface area contributed by atoms with Crippen molar-refractivity contribution in [1.29, 1.82) is 0 Å². The number of hydrogen-bond acceptors (Lipinski definition) is 0. The van der Waals surface area contributed by atoms with Crippen LogP contribution < -0.4 is 0 Å². The molecule has 1 aliphatic carbocycles. The molecule has 0 aromatic heterocycles. The maximum atomic E-state index is 3.91. The highest BCUT2D eigenvalue weighted by atomic mass is 14.4. The molecule has 0 nitrogen and oxygen atoms in total. The molecule has 0 aromatic rings. The van der Waals surface area contributed by atoms with Gasteiger partial charge in [0, 0.05) is 0 Å². The number of hydrogen-bond donors (Lipinski definition) is 0. The second kappa shape index (κ2) is 3.69. The Bertz CT molecular complexity index is 237. The summed E-state index contributed by atoms with van der Waals surface area (Å²) in [5, 5.41) is 0. The fourth-order valence-corrected chi connectivity index (χ4v) is 1.93. The minimum absolute atomic E-state index is 0.395. The van der Waals surface area contributed by atoms with Crippen LogP contribution in [-0.4, -0.2) is 0 Å². The average Bonchev–Trinajstić information content (AvgIpc) is 2.25. The third-order valence-electron chi connectivity index (χ3n) is 3.50. The van der Waals surface area contributed by atoms with Crippen LogP contribution in [-0.2, 0) is 0 Å². The van der Waals surface area contributed by atoms with E-state index in [9.17, 15) is 0 Å². The number of rotatable bonds is 2. The Morgan fingerprint density at radius 3 is 2.69 bits per heavy atom. The molecule has 0 aromatic carbocycles. The summed E-state index contributed by atoms with van der Waals surface area (Å²) in [6.45, 7) is 12.9. The summed E-state index contributed by atoms with van der Waals surface area (Å²) in [4.78, 5) is 0. The zero-order valence-electron chi connectivity index (χ0n) is 9.35. The van der Waals surface area contributed by atoms with E-state index in [2.05, 4.69) is 46.8 Å². The lowest BCUT2D eigenvalue weighted by Gasteiger charge is -2.29. The first kappa shape index (κ1) is 10.6. The van der Waals surface area contributed by atoms with Gasteiger partial charge < -0.3 is 0 Å². The Labute approximate surface area is 82.7 Å². The molecular weight excluding hydrogens is 156 g/mol. The van der Waals surface area contributed by atoms with Crippen LogP contribution in [0, 0.1) is 18.3 Å². The molecule has 0 aliphatic heterocycles. The van der Waals surface area contributed by atoms with Gasteiger partial charge in [-0.05, 0) is 44.9 Å². The van der Waals surface area contributed by atoms with Crippen molar-refractivity contribution in [1.82, 2.24) is 0 Å². The van der Waals surface area contributed by atoms with Gasteiger partial charge in [0.15, 0.2) is 0 Å². The summed E-state index contributed by atoms with van der Waals surface area (Å²) in [5.41, 5.74) is 3.14. The molecule has 0 spiro atoms. The molecule has 1 aliphatic rings. The first-order valence-corrected chi connectivity index (χ1v) is 5.10. The Morgan fingerprint density at radius 2 is 2.31 bits per heavy atom. The summed E-state index contributed by atoms with van der Waals surface area (Å²) in [6, 6.07) is 0. The highest BCUT2D eigenvalue weighted by Gasteiger charge is 2.33. The van der Waals surface area contributed by atoms with E-state index in [4.69, 9.17) is 0 Å². The van der Waals surface area contributed by atoms with Crippen LogP contribution in [0.25, 0.3) is 0 Å². The zero-order valence-corrected chi connectivity index (χ0v) is 9.35. The van der Waals surface area contributed by atoms with E-state index >= 15 is 0 Å². The van der Waals surface area contributed by atoms with Crippen LogP contribution in [0.4, 0.5) is 0 Å². The van der Waals surface area contributed by atoms with E-state index in [1.165, 1.54) is 18.4 Å². The van der Waals surface area contributed by atoms with Gasteiger partial charge in [0.25, 0.3) is 0 Å². The fraction of sp³-hybridized carbons (Fsp3) is 0.615.